The molecule has 0 aromatic heterocycles. The van der Waals surface area contributed by atoms with Crippen LogP contribution in [0.5, 0.6) is 5.75 Å². The maximum Gasteiger partial charge on any atom is 0.192 e. The maximum absolute atomic E-state index is 7.16. The van der Waals surface area contributed by atoms with Gasteiger partial charge in [-0.15, -0.1) is 6.42 Å². The normalized spacial score (nSPS) is 30.0. The molecular formula is C35H55BrO6Si. The van der Waals surface area contributed by atoms with Crippen molar-refractivity contribution >= 4 is 24.2 Å². The Bertz CT molecular complexity index is 982. The van der Waals surface area contributed by atoms with Crippen LogP contribution >= 0.6 is 15.9 Å². The van der Waals surface area contributed by atoms with E-state index in [9.17, 15) is 0 Å². The van der Waals surface area contributed by atoms with E-state index in [4.69, 9.17) is 34.5 Å². The molecule has 7 unspecified atom stereocenters. The molecule has 1 aliphatic carbocycles. The van der Waals surface area contributed by atoms with Crippen LogP contribution in [-0.4, -0.2) is 63.9 Å². The van der Waals surface area contributed by atoms with E-state index in [1.807, 2.05) is 30.3 Å². The highest BCUT2D eigenvalue weighted by molar-refractivity contribution is 9.09. The van der Waals surface area contributed by atoms with Gasteiger partial charge in [0.15, 0.2) is 20.9 Å². The zero-order valence-electron chi connectivity index (χ0n) is 27.1. The lowest BCUT2D eigenvalue weighted by molar-refractivity contribution is -0.202. The van der Waals surface area contributed by atoms with Crippen LogP contribution in [0.25, 0.3) is 0 Å². The van der Waals surface area contributed by atoms with Crippen LogP contribution in [0.15, 0.2) is 30.3 Å². The van der Waals surface area contributed by atoms with E-state index in [0.717, 1.165) is 83.2 Å². The minimum Gasteiger partial charge on any atom is -0.491 e. The monoisotopic (exact) mass is 678 g/mol. The number of hydrogen-bond acceptors (Lipinski definition) is 6. The summed E-state index contributed by atoms with van der Waals surface area (Å²) in [4.78, 5) is -0.0145. The molecule has 8 atom stereocenters. The molecule has 0 bridgehead atoms. The van der Waals surface area contributed by atoms with Gasteiger partial charge in [-0.1, -0.05) is 60.8 Å². The number of ether oxygens (including phenoxy) is 5. The van der Waals surface area contributed by atoms with Crippen LogP contribution < -0.4 is 4.74 Å². The van der Waals surface area contributed by atoms with Gasteiger partial charge in [0, 0.05) is 13.2 Å². The lowest BCUT2D eigenvalue weighted by atomic mass is 9.85. The molecule has 0 spiro atoms. The maximum atomic E-state index is 7.16. The third-order valence-electron chi connectivity index (χ3n) is 9.83. The van der Waals surface area contributed by atoms with Crippen molar-refractivity contribution in [1.29, 1.82) is 0 Å². The highest BCUT2D eigenvalue weighted by atomic mass is 79.9. The summed E-state index contributed by atoms with van der Waals surface area (Å²) in [6, 6.07) is 9.99. The number of alkyl halides is 1. The molecule has 0 radical (unpaired) electrons. The molecule has 2 aliphatic heterocycles. The average Bonchev–Trinajstić information content (AvgIpc) is 3.29. The lowest BCUT2D eigenvalue weighted by Crippen LogP contribution is -2.45. The van der Waals surface area contributed by atoms with Crippen molar-refractivity contribution in [2.45, 2.75) is 139 Å². The molecule has 0 amide bonds. The smallest absolute Gasteiger partial charge is 0.192 e. The van der Waals surface area contributed by atoms with Crippen LogP contribution in [-0.2, 0) is 23.4 Å². The van der Waals surface area contributed by atoms with Gasteiger partial charge in [0.05, 0.1) is 23.1 Å². The van der Waals surface area contributed by atoms with Gasteiger partial charge in [-0.25, -0.2) is 0 Å². The SMILES string of the molecule is C#C[C@H](Br)CC1C(O[Si](C)(C)C(C)(C)C)CC(OC2CCCCO2)C1CCC(COc1ccccc1)OC1CCCCO1. The van der Waals surface area contributed by atoms with Gasteiger partial charge in [-0.05, 0) is 106 Å². The van der Waals surface area contributed by atoms with E-state index in [1.54, 1.807) is 0 Å². The summed E-state index contributed by atoms with van der Waals surface area (Å²) >= 11 is 3.77. The number of para-hydroxylation sites is 1. The molecule has 0 N–H and O–H groups in total. The number of hydrogen-bond donors (Lipinski definition) is 0. The first kappa shape index (κ1) is 34.9. The highest BCUT2D eigenvalue weighted by Crippen LogP contribution is 2.47. The number of halogens is 1. The van der Waals surface area contributed by atoms with Crippen molar-refractivity contribution < 1.29 is 28.1 Å². The molecule has 8 heteroatoms. The second-order valence-corrected chi connectivity index (χ2v) is 19.9. The molecule has 2 heterocycles. The van der Waals surface area contributed by atoms with Crippen molar-refractivity contribution in [3.8, 4) is 18.1 Å². The predicted octanol–water partition coefficient (Wildman–Crippen LogP) is 8.48. The molecule has 1 aromatic carbocycles. The molecular weight excluding hydrogens is 624 g/mol. The van der Waals surface area contributed by atoms with Crippen LogP contribution in [0.2, 0.25) is 18.1 Å². The number of benzene rings is 1. The minimum atomic E-state index is -2.02. The molecule has 3 aliphatic rings. The minimum absolute atomic E-state index is 0.0145. The molecule has 43 heavy (non-hydrogen) atoms. The summed E-state index contributed by atoms with van der Waals surface area (Å²) in [6.07, 6.45) is 15.5. The van der Waals surface area contributed by atoms with Crippen LogP contribution in [0.4, 0.5) is 0 Å². The van der Waals surface area contributed by atoms with Crippen molar-refractivity contribution in [3.63, 3.8) is 0 Å². The van der Waals surface area contributed by atoms with Crippen LogP contribution in [0.3, 0.4) is 0 Å². The fourth-order valence-corrected chi connectivity index (χ4v) is 8.15. The molecule has 3 fully saturated rings. The van der Waals surface area contributed by atoms with Gasteiger partial charge in [0.2, 0.25) is 0 Å². The Hall–Kier alpha value is -0.923. The van der Waals surface area contributed by atoms with E-state index in [0.29, 0.717) is 6.61 Å². The Labute approximate surface area is 270 Å². The summed E-state index contributed by atoms with van der Waals surface area (Å²) in [5.41, 5.74) is 0. The molecule has 4 rings (SSSR count). The number of terminal acetylenes is 1. The van der Waals surface area contributed by atoms with Crippen LogP contribution in [0.1, 0.15) is 85.0 Å². The summed E-state index contributed by atoms with van der Waals surface area (Å²) in [5, 5.41) is 0.117. The Morgan fingerprint density at radius 1 is 0.977 bits per heavy atom. The first-order valence-corrected chi connectivity index (χ1v) is 20.4. The fourth-order valence-electron chi connectivity index (χ4n) is 6.33. The predicted molar refractivity (Wildman–Crippen MR) is 178 cm³/mol. The average molecular weight is 680 g/mol. The summed E-state index contributed by atoms with van der Waals surface area (Å²) in [6.45, 7) is 13.6. The standard InChI is InChI=1S/C35H55BrO6Si/c1-7-26(36)23-30-29(20-19-28(40-33-17-11-13-21-37-33)25-39-27-15-9-8-10-16-27)31(41-34-18-12-14-22-38-34)24-32(30)42-43(5,6)35(2,3)4/h1,8-10,15-16,26,28-34H,11-14,17-25H2,2-6H3/t26-,28?,29?,30?,31?,32?,33?,34?/m0/s1. The van der Waals surface area contributed by atoms with E-state index >= 15 is 0 Å². The summed E-state index contributed by atoms with van der Waals surface area (Å²) in [7, 11) is -2.02. The first-order chi connectivity index (χ1) is 20.6. The van der Waals surface area contributed by atoms with E-state index in [1.165, 1.54) is 0 Å². The van der Waals surface area contributed by atoms with Gasteiger partial charge in [-0.2, -0.15) is 0 Å². The van der Waals surface area contributed by atoms with Gasteiger partial charge in [0.25, 0.3) is 0 Å². The zero-order chi connectivity index (χ0) is 30.9. The largest absolute Gasteiger partial charge is 0.491 e. The van der Waals surface area contributed by atoms with Gasteiger partial charge < -0.3 is 28.1 Å². The van der Waals surface area contributed by atoms with Gasteiger partial charge in [0.1, 0.15) is 12.4 Å². The van der Waals surface area contributed by atoms with E-state index < -0.39 is 8.32 Å². The van der Waals surface area contributed by atoms with Crippen molar-refractivity contribution in [1.82, 2.24) is 0 Å². The molecule has 1 saturated carbocycles. The summed E-state index contributed by atoms with van der Waals surface area (Å²) < 4.78 is 38.8. The highest BCUT2D eigenvalue weighted by Gasteiger charge is 2.49. The van der Waals surface area contributed by atoms with Gasteiger partial charge >= 0.3 is 0 Å². The molecule has 2 saturated heterocycles. The second-order valence-electron chi connectivity index (χ2n) is 14.1. The van der Waals surface area contributed by atoms with Crippen molar-refractivity contribution in [2.75, 3.05) is 19.8 Å². The Balaban J connectivity index is 1.54. The van der Waals surface area contributed by atoms with Crippen molar-refractivity contribution in [2.24, 2.45) is 11.8 Å². The quantitative estimate of drug-likeness (QED) is 0.112. The second kappa shape index (κ2) is 16.6. The fraction of sp³-hybridized carbons (Fsp3) is 0.771. The number of rotatable bonds is 14. The molecule has 6 nitrogen and oxygen atoms in total. The Kier molecular flexibility index (Phi) is 13.5. The van der Waals surface area contributed by atoms with Gasteiger partial charge in [-0.3, -0.25) is 0 Å². The topological polar surface area (TPSA) is 55.4 Å². The molecule has 242 valence electrons. The third-order valence-corrected chi connectivity index (χ3v) is 15.0. The Morgan fingerprint density at radius 3 is 2.26 bits per heavy atom. The third kappa shape index (κ3) is 10.6. The zero-order valence-corrected chi connectivity index (χ0v) is 29.7. The summed E-state index contributed by atoms with van der Waals surface area (Å²) in [5.74, 6) is 4.32. The lowest BCUT2D eigenvalue weighted by Gasteiger charge is -2.40. The van der Waals surface area contributed by atoms with E-state index in [-0.39, 0.29) is 52.6 Å². The Morgan fingerprint density at radius 2 is 1.65 bits per heavy atom. The van der Waals surface area contributed by atoms with Crippen LogP contribution in [0, 0.1) is 24.2 Å². The molecule has 1 aromatic rings. The van der Waals surface area contributed by atoms with Crippen molar-refractivity contribution in [3.05, 3.63) is 30.3 Å². The van der Waals surface area contributed by atoms with E-state index in [2.05, 4.69) is 55.7 Å². The first-order valence-electron chi connectivity index (χ1n) is 16.6.